The van der Waals surface area contributed by atoms with E-state index < -0.39 is 0 Å². The fourth-order valence-corrected chi connectivity index (χ4v) is 3.77. The van der Waals surface area contributed by atoms with Crippen LogP contribution in [0.15, 0.2) is 41.1 Å². The summed E-state index contributed by atoms with van der Waals surface area (Å²) in [6.07, 6.45) is 4.82. The highest BCUT2D eigenvalue weighted by Crippen LogP contribution is 2.25. The molecular formula is C21H24N2O4S. The highest BCUT2D eigenvalue weighted by Gasteiger charge is 2.23. The number of ether oxygens (including phenoxy) is 2. The molecule has 2 aromatic rings. The Kier molecular flexibility index (Phi) is 6.71. The number of carbonyl (C=O) groups is 2. The van der Waals surface area contributed by atoms with E-state index in [1.807, 2.05) is 29.0 Å². The van der Waals surface area contributed by atoms with Gasteiger partial charge in [0, 0.05) is 47.8 Å². The van der Waals surface area contributed by atoms with Gasteiger partial charge in [0.25, 0.3) is 5.91 Å². The molecule has 3 rings (SSSR count). The summed E-state index contributed by atoms with van der Waals surface area (Å²) in [5, 5.41) is 6.78. The average Bonchev–Trinajstić information content (AvgIpc) is 3.27. The van der Waals surface area contributed by atoms with Gasteiger partial charge >= 0.3 is 0 Å². The first-order chi connectivity index (χ1) is 13.6. The Morgan fingerprint density at radius 3 is 2.61 bits per heavy atom. The first kappa shape index (κ1) is 19.9. The number of hydrogen-bond acceptors (Lipinski definition) is 5. The molecule has 28 heavy (non-hydrogen) atoms. The highest BCUT2D eigenvalue weighted by atomic mass is 32.1. The van der Waals surface area contributed by atoms with Crippen molar-refractivity contribution < 1.29 is 19.1 Å². The number of methoxy groups -OCH3 is 2. The predicted molar refractivity (Wildman–Crippen MR) is 110 cm³/mol. The normalized spacial score (nSPS) is 14.9. The van der Waals surface area contributed by atoms with Gasteiger partial charge in [-0.1, -0.05) is 0 Å². The number of hydrogen-bond donors (Lipinski definition) is 1. The largest absolute Gasteiger partial charge is 0.497 e. The van der Waals surface area contributed by atoms with E-state index in [2.05, 4.69) is 5.32 Å². The summed E-state index contributed by atoms with van der Waals surface area (Å²) in [5.41, 5.74) is 1.51. The minimum absolute atomic E-state index is 0.0412. The molecule has 2 amide bonds. The number of nitrogens with zero attached hydrogens (tertiary/aromatic N) is 1. The van der Waals surface area contributed by atoms with Crippen LogP contribution in [0.4, 0.5) is 0 Å². The molecule has 7 heteroatoms. The number of piperidine rings is 1. The summed E-state index contributed by atoms with van der Waals surface area (Å²) in [6.45, 7) is 1.25. The summed E-state index contributed by atoms with van der Waals surface area (Å²) < 4.78 is 10.5. The molecule has 1 N–H and O–H groups in total. The van der Waals surface area contributed by atoms with Gasteiger partial charge in [-0.2, -0.15) is 11.3 Å². The Morgan fingerprint density at radius 2 is 1.96 bits per heavy atom. The number of benzene rings is 1. The van der Waals surface area contributed by atoms with Gasteiger partial charge in [0.15, 0.2) is 0 Å². The zero-order chi connectivity index (χ0) is 19.9. The quantitative estimate of drug-likeness (QED) is 0.756. The summed E-state index contributed by atoms with van der Waals surface area (Å²) in [4.78, 5) is 26.4. The third-order valence-corrected chi connectivity index (χ3v) is 5.45. The van der Waals surface area contributed by atoms with Crippen LogP contribution >= 0.6 is 11.3 Å². The number of likely N-dealkylation sites (tertiary alicyclic amines) is 1. The third kappa shape index (κ3) is 4.92. The van der Waals surface area contributed by atoms with Gasteiger partial charge in [0.05, 0.1) is 14.2 Å². The van der Waals surface area contributed by atoms with Crippen LogP contribution in [-0.4, -0.2) is 50.1 Å². The van der Waals surface area contributed by atoms with E-state index in [0.717, 1.165) is 18.4 Å². The molecule has 0 saturated carbocycles. The zero-order valence-electron chi connectivity index (χ0n) is 16.0. The van der Waals surface area contributed by atoms with E-state index in [1.54, 1.807) is 37.3 Å². The van der Waals surface area contributed by atoms with Crippen LogP contribution in [0.2, 0.25) is 0 Å². The van der Waals surface area contributed by atoms with Crippen LogP contribution in [0.3, 0.4) is 0 Å². The van der Waals surface area contributed by atoms with Crippen molar-refractivity contribution in [2.45, 2.75) is 18.9 Å². The maximum absolute atomic E-state index is 12.5. The van der Waals surface area contributed by atoms with Crippen LogP contribution in [-0.2, 0) is 4.79 Å². The van der Waals surface area contributed by atoms with Crippen molar-refractivity contribution in [1.82, 2.24) is 10.2 Å². The lowest BCUT2D eigenvalue weighted by Gasteiger charge is -2.31. The maximum Gasteiger partial charge on any atom is 0.252 e. The Hall–Kier alpha value is -2.80. The Bertz CT molecular complexity index is 840. The molecular weight excluding hydrogens is 376 g/mol. The minimum Gasteiger partial charge on any atom is -0.497 e. The average molecular weight is 401 g/mol. The molecule has 1 aliphatic rings. The molecule has 0 atom stereocenters. The van der Waals surface area contributed by atoms with Crippen LogP contribution in [0.5, 0.6) is 11.5 Å². The topological polar surface area (TPSA) is 67.9 Å². The number of rotatable bonds is 6. The molecule has 1 fully saturated rings. The molecule has 1 aromatic carbocycles. The van der Waals surface area contributed by atoms with Gasteiger partial charge in [-0.15, -0.1) is 0 Å². The fourth-order valence-electron chi connectivity index (χ4n) is 3.13. The molecule has 0 spiro atoms. The van der Waals surface area contributed by atoms with E-state index >= 15 is 0 Å². The predicted octanol–water partition coefficient (Wildman–Crippen LogP) is 3.20. The second kappa shape index (κ2) is 9.41. The van der Waals surface area contributed by atoms with Gasteiger partial charge in [0.1, 0.15) is 11.5 Å². The van der Waals surface area contributed by atoms with Crippen molar-refractivity contribution in [2.75, 3.05) is 27.3 Å². The fraction of sp³-hybridized carbons (Fsp3) is 0.333. The molecule has 0 aliphatic carbocycles. The van der Waals surface area contributed by atoms with Crippen LogP contribution in [0.25, 0.3) is 6.08 Å². The zero-order valence-corrected chi connectivity index (χ0v) is 16.8. The standard InChI is InChI=1S/C21H24N2O4S/c1-26-18-5-3-15(19(13-18)27-2)4-6-20(24)23-10-7-17(8-11-23)22-21(25)16-9-12-28-14-16/h3-6,9,12-14,17H,7-8,10-11H2,1-2H3,(H,22,25)/b6-4+. The van der Waals surface area contributed by atoms with Crippen molar-refractivity contribution in [1.29, 1.82) is 0 Å². The lowest BCUT2D eigenvalue weighted by atomic mass is 10.0. The lowest BCUT2D eigenvalue weighted by Crippen LogP contribution is -2.46. The van der Waals surface area contributed by atoms with E-state index in [0.29, 0.717) is 30.2 Å². The van der Waals surface area contributed by atoms with Crippen LogP contribution in [0.1, 0.15) is 28.8 Å². The smallest absolute Gasteiger partial charge is 0.252 e. The van der Waals surface area contributed by atoms with Crippen molar-refractivity contribution in [3.8, 4) is 11.5 Å². The van der Waals surface area contributed by atoms with Gasteiger partial charge in [-0.3, -0.25) is 9.59 Å². The molecule has 1 aromatic heterocycles. The number of amides is 2. The molecule has 0 bridgehead atoms. The number of nitrogens with one attached hydrogen (secondary N) is 1. The maximum atomic E-state index is 12.5. The van der Waals surface area contributed by atoms with Gasteiger partial charge in [0.2, 0.25) is 5.91 Å². The molecule has 0 unspecified atom stereocenters. The van der Waals surface area contributed by atoms with E-state index in [1.165, 1.54) is 11.3 Å². The monoisotopic (exact) mass is 400 g/mol. The summed E-state index contributed by atoms with van der Waals surface area (Å²) in [6, 6.07) is 7.38. The second-order valence-corrected chi connectivity index (χ2v) is 7.31. The molecule has 0 radical (unpaired) electrons. The molecule has 1 aliphatic heterocycles. The molecule has 1 saturated heterocycles. The van der Waals surface area contributed by atoms with E-state index in [-0.39, 0.29) is 17.9 Å². The Balaban J connectivity index is 1.52. The van der Waals surface area contributed by atoms with Crippen LogP contribution in [0, 0.1) is 0 Å². The Morgan fingerprint density at radius 1 is 1.18 bits per heavy atom. The van der Waals surface area contributed by atoms with E-state index in [9.17, 15) is 9.59 Å². The second-order valence-electron chi connectivity index (χ2n) is 6.53. The summed E-state index contributed by atoms with van der Waals surface area (Å²) in [7, 11) is 3.18. The first-order valence-corrected chi connectivity index (χ1v) is 10.1. The number of carbonyl (C=O) groups excluding carboxylic acids is 2. The van der Waals surface area contributed by atoms with Gasteiger partial charge in [-0.05, 0) is 42.5 Å². The number of thiophene rings is 1. The van der Waals surface area contributed by atoms with Crippen molar-refractivity contribution in [2.24, 2.45) is 0 Å². The molecule has 6 nitrogen and oxygen atoms in total. The van der Waals surface area contributed by atoms with E-state index in [4.69, 9.17) is 9.47 Å². The highest BCUT2D eigenvalue weighted by molar-refractivity contribution is 7.08. The summed E-state index contributed by atoms with van der Waals surface area (Å²) >= 11 is 1.51. The SMILES string of the molecule is COc1ccc(/C=C/C(=O)N2CCC(NC(=O)c3ccsc3)CC2)c(OC)c1. The molecule has 2 heterocycles. The minimum atomic E-state index is -0.0440. The van der Waals surface area contributed by atoms with Crippen molar-refractivity contribution >= 4 is 29.2 Å². The first-order valence-electron chi connectivity index (χ1n) is 9.13. The van der Waals surface area contributed by atoms with Crippen LogP contribution < -0.4 is 14.8 Å². The van der Waals surface area contributed by atoms with Crippen molar-refractivity contribution in [3.63, 3.8) is 0 Å². The van der Waals surface area contributed by atoms with Crippen molar-refractivity contribution in [3.05, 3.63) is 52.2 Å². The molecule has 148 valence electrons. The summed E-state index contributed by atoms with van der Waals surface area (Å²) in [5.74, 6) is 1.27. The Labute approximate surface area is 168 Å². The third-order valence-electron chi connectivity index (χ3n) is 4.77. The lowest BCUT2D eigenvalue weighted by molar-refractivity contribution is -0.126. The van der Waals surface area contributed by atoms with Gasteiger partial charge in [-0.25, -0.2) is 0 Å². The van der Waals surface area contributed by atoms with Gasteiger partial charge < -0.3 is 19.7 Å².